The van der Waals surface area contributed by atoms with Crippen LogP contribution in [0.25, 0.3) is 10.6 Å². The number of thiazole rings is 1. The average molecular weight is 451 g/mol. The second-order valence-electron chi connectivity index (χ2n) is 6.42. The van der Waals surface area contributed by atoms with Gasteiger partial charge in [0.25, 0.3) is 5.91 Å². The number of halogens is 4. The lowest BCUT2D eigenvalue weighted by Crippen LogP contribution is -2.37. The predicted octanol–water partition coefficient (Wildman–Crippen LogP) is 5.07. The molecule has 0 unspecified atom stereocenters. The van der Waals surface area contributed by atoms with Crippen molar-refractivity contribution in [2.24, 2.45) is 0 Å². The van der Waals surface area contributed by atoms with Gasteiger partial charge in [0.05, 0.1) is 17.4 Å². The molecule has 1 aromatic heterocycles. The molecule has 31 heavy (non-hydrogen) atoms. The van der Waals surface area contributed by atoms with Gasteiger partial charge in [-0.3, -0.25) is 9.59 Å². The summed E-state index contributed by atoms with van der Waals surface area (Å²) >= 11 is 0.966. The first kappa shape index (κ1) is 22.4. The van der Waals surface area contributed by atoms with E-state index in [-0.39, 0.29) is 22.7 Å². The molecular formula is C21H17F4N3O2S. The van der Waals surface area contributed by atoms with Gasteiger partial charge in [-0.25, -0.2) is 9.37 Å². The first-order chi connectivity index (χ1) is 14.7. The van der Waals surface area contributed by atoms with Crippen LogP contribution in [-0.4, -0.2) is 34.8 Å². The molecule has 5 nitrogen and oxygen atoms in total. The van der Waals surface area contributed by atoms with Gasteiger partial charge in [-0.2, -0.15) is 13.2 Å². The fourth-order valence-electron chi connectivity index (χ4n) is 2.82. The predicted molar refractivity (Wildman–Crippen MR) is 109 cm³/mol. The summed E-state index contributed by atoms with van der Waals surface area (Å²) < 4.78 is 53.2. The summed E-state index contributed by atoms with van der Waals surface area (Å²) in [5.74, 6) is -1.78. The topological polar surface area (TPSA) is 62.3 Å². The Hall–Kier alpha value is -3.27. The third kappa shape index (κ3) is 5.26. The molecule has 0 radical (unpaired) electrons. The van der Waals surface area contributed by atoms with Crippen LogP contribution in [0.3, 0.4) is 0 Å². The number of alkyl halides is 3. The van der Waals surface area contributed by atoms with Crippen LogP contribution in [0, 0.1) is 5.82 Å². The molecule has 0 bridgehead atoms. The van der Waals surface area contributed by atoms with Crippen LogP contribution >= 0.6 is 11.3 Å². The Morgan fingerprint density at radius 1 is 1.10 bits per heavy atom. The molecule has 0 atom stereocenters. The molecule has 0 saturated heterocycles. The molecular weight excluding hydrogens is 434 g/mol. The maximum Gasteiger partial charge on any atom is 0.418 e. The molecule has 3 aromatic rings. The monoisotopic (exact) mass is 451 g/mol. The molecule has 0 aliphatic heterocycles. The van der Waals surface area contributed by atoms with Crippen molar-refractivity contribution in [3.05, 3.63) is 71.0 Å². The van der Waals surface area contributed by atoms with Gasteiger partial charge in [-0.1, -0.05) is 24.3 Å². The number of likely N-dealkylation sites (N-methyl/N-ethyl adjacent to an activating group) is 1. The minimum absolute atomic E-state index is 0.139. The van der Waals surface area contributed by atoms with E-state index in [2.05, 4.69) is 10.3 Å². The zero-order chi connectivity index (χ0) is 22.6. The van der Waals surface area contributed by atoms with Gasteiger partial charge in [0.15, 0.2) is 0 Å². The zero-order valence-electron chi connectivity index (χ0n) is 16.2. The number of amides is 2. The first-order valence-electron chi connectivity index (χ1n) is 9.16. The van der Waals surface area contributed by atoms with E-state index in [1.165, 1.54) is 41.4 Å². The number of hydrogen-bond donors (Lipinski definition) is 1. The highest BCUT2D eigenvalue weighted by molar-refractivity contribution is 7.16. The third-order valence-corrected chi connectivity index (χ3v) is 5.35. The number of para-hydroxylation sites is 1. The van der Waals surface area contributed by atoms with E-state index < -0.39 is 35.9 Å². The van der Waals surface area contributed by atoms with E-state index in [0.717, 1.165) is 23.5 Å². The Morgan fingerprint density at radius 3 is 2.45 bits per heavy atom. The Labute approximate surface area is 179 Å². The second kappa shape index (κ2) is 9.25. The quantitative estimate of drug-likeness (QED) is 0.533. The van der Waals surface area contributed by atoms with Gasteiger partial charge in [-0.05, 0) is 31.2 Å². The molecule has 0 fully saturated rings. The normalized spacial score (nSPS) is 11.3. The van der Waals surface area contributed by atoms with Crippen LogP contribution in [0.4, 0.5) is 23.2 Å². The molecule has 10 heteroatoms. The van der Waals surface area contributed by atoms with E-state index in [1.54, 1.807) is 13.0 Å². The van der Waals surface area contributed by atoms with Crippen LogP contribution in [-0.2, 0) is 11.0 Å². The molecule has 3 rings (SSSR count). The van der Waals surface area contributed by atoms with Gasteiger partial charge < -0.3 is 10.2 Å². The Bertz CT molecular complexity index is 1100. The maximum atomic E-state index is 13.9. The van der Waals surface area contributed by atoms with Crippen molar-refractivity contribution in [3.63, 3.8) is 0 Å². The van der Waals surface area contributed by atoms with Crippen LogP contribution in [0.5, 0.6) is 0 Å². The molecule has 0 aliphatic rings. The Morgan fingerprint density at radius 2 is 1.77 bits per heavy atom. The molecule has 0 saturated carbocycles. The molecule has 2 aromatic carbocycles. The first-order valence-corrected chi connectivity index (χ1v) is 9.98. The second-order valence-corrected chi connectivity index (χ2v) is 7.45. The van der Waals surface area contributed by atoms with Crippen molar-refractivity contribution in [3.8, 4) is 10.6 Å². The van der Waals surface area contributed by atoms with Crippen LogP contribution in [0.1, 0.15) is 22.2 Å². The highest BCUT2D eigenvalue weighted by Gasteiger charge is 2.33. The number of aromatic nitrogens is 1. The lowest BCUT2D eigenvalue weighted by atomic mass is 10.1. The van der Waals surface area contributed by atoms with E-state index >= 15 is 0 Å². The van der Waals surface area contributed by atoms with Crippen molar-refractivity contribution in [1.29, 1.82) is 0 Å². The van der Waals surface area contributed by atoms with E-state index in [4.69, 9.17) is 0 Å². The number of rotatable bonds is 6. The van der Waals surface area contributed by atoms with Crippen molar-refractivity contribution in [2.75, 3.05) is 18.4 Å². The van der Waals surface area contributed by atoms with Gasteiger partial charge in [0.1, 0.15) is 22.2 Å². The third-order valence-electron chi connectivity index (χ3n) is 4.33. The number of nitrogens with zero attached hydrogens (tertiary/aromatic N) is 2. The van der Waals surface area contributed by atoms with Crippen LogP contribution < -0.4 is 5.32 Å². The number of nitrogens with one attached hydrogen (secondary N) is 1. The summed E-state index contributed by atoms with van der Waals surface area (Å²) in [4.78, 5) is 30.5. The maximum absolute atomic E-state index is 13.9. The van der Waals surface area contributed by atoms with Crippen molar-refractivity contribution in [1.82, 2.24) is 9.88 Å². The van der Waals surface area contributed by atoms with E-state index in [1.807, 2.05) is 0 Å². The summed E-state index contributed by atoms with van der Waals surface area (Å²) in [5.41, 5.74) is -1.12. The lowest BCUT2D eigenvalue weighted by Gasteiger charge is -2.20. The standard InChI is InChI=1S/C21H17F4N3O2S/c1-2-28(12-18(29)27-16-10-6-4-8-14(16)21(23,24)25)20(30)17-11-26-19(31-17)13-7-3-5-9-15(13)22/h3-11H,2,12H2,1H3,(H,27,29). The molecule has 1 N–H and O–H groups in total. The molecule has 0 spiro atoms. The van der Waals surface area contributed by atoms with Crippen molar-refractivity contribution >= 4 is 28.8 Å². The number of hydrogen-bond acceptors (Lipinski definition) is 4. The fourth-order valence-corrected chi connectivity index (χ4v) is 3.73. The number of carbonyl (C=O) groups excluding carboxylic acids is 2. The summed E-state index contributed by atoms with van der Waals surface area (Å²) in [6.45, 7) is 1.32. The summed E-state index contributed by atoms with van der Waals surface area (Å²) in [6, 6.07) is 10.6. The smallest absolute Gasteiger partial charge is 0.329 e. The van der Waals surface area contributed by atoms with Gasteiger partial charge >= 0.3 is 6.18 Å². The summed E-state index contributed by atoms with van der Waals surface area (Å²) in [5, 5.41) is 2.52. The zero-order valence-corrected chi connectivity index (χ0v) is 17.1. The SMILES string of the molecule is CCN(CC(=O)Nc1ccccc1C(F)(F)F)C(=O)c1cnc(-c2ccccc2F)s1. The van der Waals surface area contributed by atoms with Gasteiger partial charge in [0.2, 0.25) is 5.91 Å². The molecule has 162 valence electrons. The van der Waals surface area contributed by atoms with E-state index in [0.29, 0.717) is 5.01 Å². The Kier molecular flexibility index (Phi) is 6.69. The van der Waals surface area contributed by atoms with Gasteiger partial charge in [0, 0.05) is 12.1 Å². The summed E-state index contributed by atoms with van der Waals surface area (Å²) in [6.07, 6.45) is -3.34. The van der Waals surface area contributed by atoms with Crippen molar-refractivity contribution in [2.45, 2.75) is 13.1 Å². The van der Waals surface area contributed by atoms with Crippen LogP contribution in [0.2, 0.25) is 0 Å². The highest BCUT2D eigenvalue weighted by atomic mass is 32.1. The minimum Gasteiger partial charge on any atom is -0.329 e. The summed E-state index contributed by atoms with van der Waals surface area (Å²) in [7, 11) is 0. The largest absolute Gasteiger partial charge is 0.418 e. The van der Waals surface area contributed by atoms with Crippen LogP contribution in [0.15, 0.2) is 54.7 Å². The van der Waals surface area contributed by atoms with Crippen molar-refractivity contribution < 1.29 is 27.2 Å². The number of benzene rings is 2. The highest BCUT2D eigenvalue weighted by Crippen LogP contribution is 2.34. The van der Waals surface area contributed by atoms with Gasteiger partial charge in [-0.15, -0.1) is 11.3 Å². The average Bonchev–Trinajstić information content (AvgIpc) is 3.21. The number of anilines is 1. The minimum atomic E-state index is -4.63. The number of carbonyl (C=O) groups is 2. The lowest BCUT2D eigenvalue weighted by molar-refractivity contribution is -0.137. The van der Waals surface area contributed by atoms with E-state index in [9.17, 15) is 27.2 Å². The fraction of sp³-hybridized carbons (Fsp3) is 0.190. The molecule has 2 amide bonds. The Balaban J connectivity index is 1.73. The molecule has 1 heterocycles. The molecule has 0 aliphatic carbocycles.